The monoisotopic (exact) mass is 325 g/mol. The zero-order chi connectivity index (χ0) is 16.5. The van der Waals surface area contributed by atoms with E-state index in [2.05, 4.69) is 15.1 Å². The lowest BCUT2D eigenvalue weighted by Gasteiger charge is -2.28. The highest BCUT2D eigenvalue weighted by atomic mass is 16.5. The van der Waals surface area contributed by atoms with Crippen molar-refractivity contribution in [1.82, 2.24) is 24.4 Å². The zero-order valence-electron chi connectivity index (χ0n) is 13.6. The molecule has 0 radical (unpaired) electrons. The Bertz CT molecular complexity index is 869. The number of imidazole rings is 1. The number of likely N-dealkylation sites (tertiary alicyclic amines) is 1. The van der Waals surface area contributed by atoms with Gasteiger partial charge in [-0.2, -0.15) is 4.98 Å². The Morgan fingerprint density at radius 2 is 2.25 bits per heavy atom. The van der Waals surface area contributed by atoms with E-state index >= 15 is 0 Å². The van der Waals surface area contributed by atoms with Gasteiger partial charge in [0.2, 0.25) is 5.89 Å². The Balaban J connectivity index is 1.68. The first kappa shape index (κ1) is 14.9. The van der Waals surface area contributed by atoms with E-state index in [1.54, 1.807) is 19.4 Å². The van der Waals surface area contributed by atoms with E-state index in [1.165, 1.54) is 0 Å². The standard InChI is InChI=1S/C17H19N5O2/c1-12-19-16(20-24-12)15-5-3-2-4-7-22(15)17(23)13-6-8-21-11-18-10-14(21)9-13/h6,8-11,15H,2-5,7H2,1H3. The van der Waals surface area contributed by atoms with Gasteiger partial charge in [0.05, 0.1) is 24.1 Å². The van der Waals surface area contributed by atoms with Crippen LogP contribution in [-0.2, 0) is 0 Å². The molecule has 0 N–H and O–H groups in total. The molecule has 1 unspecified atom stereocenters. The van der Waals surface area contributed by atoms with Crippen LogP contribution in [0.25, 0.3) is 5.52 Å². The lowest BCUT2D eigenvalue weighted by Crippen LogP contribution is -2.35. The fraction of sp³-hybridized carbons (Fsp3) is 0.412. The zero-order valence-corrected chi connectivity index (χ0v) is 13.6. The molecule has 1 fully saturated rings. The maximum Gasteiger partial charge on any atom is 0.254 e. The predicted molar refractivity (Wildman–Crippen MR) is 86.5 cm³/mol. The molecular formula is C17H19N5O2. The van der Waals surface area contributed by atoms with Gasteiger partial charge in [0.25, 0.3) is 5.91 Å². The predicted octanol–water partition coefficient (Wildman–Crippen LogP) is 2.78. The number of aryl methyl sites for hydroxylation is 1. The molecule has 7 heteroatoms. The molecule has 0 bridgehead atoms. The van der Waals surface area contributed by atoms with Crippen molar-refractivity contribution in [2.75, 3.05) is 6.54 Å². The summed E-state index contributed by atoms with van der Waals surface area (Å²) < 4.78 is 7.02. The van der Waals surface area contributed by atoms with Crippen molar-refractivity contribution in [3.05, 3.63) is 48.1 Å². The van der Waals surface area contributed by atoms with E-state index in [9.17, 15) is 4.79 Å². The average molecular weight is 325 g/mol. The second kappa shape index (κ2) is 6.07. The first-order valence-electron chi connectivity index (χ1n) is 8.25. The largest absolute Gasteiger partial charge is 0.340 e. The van der Waals surface area contributed by atoms with Crippen LogP contribution in [0.5, 0.6) is 0 Å². The van der Waals surface area contributed by atoms with Crippen LogP contribution in [0.2, 0.25) is 0 Å². The fourth-order valence-corrected chi connectivity index (χ4v) is 3.29. The van der Waals surface area contributed by atoms with Crippen LogP contribution in [0.1, 0.15) is 53.8 Å². The van der Waals surface area contributed by atoms with Crippen LogP contribution in [0.15, 0.2) is 35.4 Å². The highest BCUT2D eigenvalue weighted by Crippen LogP contribution is 2.30. The van der Waals surface area contributed by atoms with Crippen LogP contribution >= 0.6 is 0 Å². The van der Waals surface area contributed by atoms with E-state index in [0.717, 1.165) is 31.2 Å². The molecule has 0 spiro atoms. The lowest BCUT2D eigenvalue weighted by molar-refractivity contribution is 0.0670. The second-order valence-electron chi connectivity index (χ2n) is 6.18. The van der Waals surface area contributed by atoms with E-state index in [4.69, 9.17) is 4.52 Å². The third-order valence-electron chi connectivity index (χ3n) is 4.52. The molecular weight excluding hydrogens is 306 g/mol. The SMILES string of the molecule is Cc1nc(C2CCCCCN2C(=O)c2ccn3cncc3c2)no1. The van der Waals surface area contributed by atoms with Gasteiger partial charge in [-0.3, -0.25) is 4.79 Å². The van der Waals surface area contributed by atoms with Gasteiger partial charge < -0.3 is 13.8 Å². The topological polar surface area (TPSA) is 76.5 Å². The van der Waals surface area contributed by atoms with Gasteiger partial charge in [-0.25, -0.2) is 4.98 Å². The highest BCUT2D eigenvalue weighted by molar-refractivity contribution is 5.95. The van der Waals surface area contributed by atoms with Crippen LogP contribution in [0, 0.1) is 6.92 Å². The molecule has 24 heavy (non-hydrogen) atoms. The minimum Gasteiger partial charge on any atom is -0.340 e. The summed E-state index contributed by atoms with van der Waals surface area (Å²) in [5, 5.41) is 4.05. The maximum absolute atomic E-state index is 13.1. The summed E-state index contributed by atoms with van der Waals surface area (Å²) in [6, 6.07) is 3.58. The van der Waals surface area contributed by atoms with Crippen molar-refractivity contribution in [3.8, 4) is 0 Å². The minimum atomic E-state index is -0.126. The van der Waals surface area contributed by atoms with Crippen molar-refractivity contribution in [2.45, 2.75) is 38.6 Å². The van der Waals surface area contributed by atoms with E-state index in [-0.39, 0.29) is 11.9 Å². The summed E-state index contributed by atoms with van der Waals surface area (Å²) in [5.74, 6) is 1.14. The summed E-state index contributed by atoms with van der Waals surface area (Å²) in [6.45, 7) is 2.48. The third kappa shape index (κ3) is 2.66. The summed E-state index contributed by atoms with van der Waals surface area (Å²) in [4.78, 5) is 23.5. The molecule has 1 atom stereocenters. The van der Waals surface area contributed by atoms with Gasteiger partial charge in [-0.05, 0) is 25.0 Å². The number of carbonyl (C=O) groups excluding carboxylic acids is 1. The number of amides is 1. The Morgan fingerprint density at radius 1 is 1.33 bits per heavy atom. The number of fused-ring (bicyclic) bond motifs is 1. The Morgan fingerprint density at radius 3 is 3.08 bits per heavy atom. The molecule has 3 aromatic rings. The smallest absolute Gasteiger partial charge is 0.254 e. The summed E-state index contributed by atoms with van der Waals surface area (Å²) in [6.07, 6.45) is 9.36. The molecule has 1 aliphatic rings. The van der Waals surface area contributed by atoms with E-state index < -0.39 is 0 Å². The summed E-state index contributed by atoms with van der Waals surface area (Å²) in [5.41, 5.74) is 1.57. The first-order valence-corrected chi connectivity index (χ1v) is 8.25. The Labute approximate surface area is 139 Å². The van der Waals surface area contributed by atoms with Crippen molar-refractivity contribution in [2.24, 2.45) is 0 Å². The Kier molecular flexibility index (Phi) is 3.76. The quantitative estimate of drug-likeness (QED) is 0.724. The first-order chi connectivity index (χ1) is 11.7. The minimum absolute atomic E-state index is 0.00746. The van der Waals surface area contributed by atoms with Crippen molar-refractivity contribution in [1.29, 1.82) is 0 Å². The average Bonchev–Trinajstić information content (AvgIpc) is 3.16. The molecule has 0 saturated carbocycles. The molecule has 0 aromatic carbocycles. The number of hydrogen-bond donors (Lipinski definition) is 0. The fourth-order valence-electron chi connectivity index (χ4n) is 3.29. The summed E-state index contributed by atoms with van der Waals surface area (Å²) in [7, 11) is 0. The van der Waals surface area contributed by atoms with E-state index in [0.29, 0.717) is 23.8 Å². The molecule has 4 rings (SSSR count). The molecule has 4 heterocycles. The molecule has 7 nitrogen and oxygen atoms in total. The molecule has 1 aliphatic heterocycles. The molecule has 1 saturated heterocycles. The van der Waals surface area contributed by atoms with Gasteiger partial charge in [0.15, 0.2) is 5.82 Å². The number of carbonyl (C=O) groups is 1. The van der Waals surface area contributed by atoms with Gasteiger partial charge in [-0.1, -0.05) is 18.0 Å². The van der Waals surface area contributed by atoms with Gasteiger partial charge in [0.1, 0.15) is 0 Å². The highest BCUT2D eigenvalue weighted by Gasteiger charge is 2.30. The lowest BCUT2D eigenvalue weighted by atomic mass is 10.1. The number of nitrogens with zero attached hydrogens (tertiary/aromatic N) is 5. The second-order valence-corrected chi connectivity index (χ2v) is 6.18. The summed E-state index contributed by atoms with van der Waals surface area (Å²) >= 11 is 0. The Hall–Kier alpha value is -2.70. The van der Waals surface area contributed by atoms with Crippen molar-refractivity contribution in [3.63, 3.8) is 0 Å². The van der Waals surface area contributed by atoms with Crippen molar-refractivity contribution >= 4 is 11.4 Å². The molecule has 0 aliphatic carbocycles. The molecule has 3 aromatic heterocycles. The number of aromatic nitrogens is 4. The number of rotatable bonds is 2. The van der Waals surface area contributed by atoms with Crippen molar-refractivity contribution < 1.29 is 9.32 Å². The van der Waals surface area contributed by atoms with Crippen LogP contribution in [0.3, 0.4) is 0 Å². The number of hydrogen-bond acceptors (Lipinski definition) is 5. The van der Waals surface area contributed by atoms with Crippen LogP contribution in [-0.4, -0.2) is 36.9 Å². The number of pyridine rings is 1. The van der Waals surface area contributed by atoms with Gasteiger partial charge in [0, 0.05) is 25.2 Å². The van der Waals surface area contributed by atoms with E-state index in [1.807, 2.05) is 27.6 Å². The maximum atomic E-state index is 13.1. The van der Waals surface area contributed by atoms with Crippen LogP contribution < -0.4 is 0 Å². The normalized spacial score (nSPS) is 18.7. The molecule has 1 amide bonds. The van der Waals surface area contributed by atoms with Crippen LogP contribution in [0.4, 0.5) is 0 Å². The third-order valence-corrected chi connectivity index (χ3v) is 4.52. The molecule has 124 valence electrons. The van der Waals surface area contributed by atoms with Gasteiger partial charge in [-0.15, -0.1) is 0 Å². The van der Waals surface area contributed by atoms with Gasteiger partial charge >= 0.3 is 0 Å².